The van der Waals surface area contributed by atoms with Crippen LogP contribution in [0.15, 0.2) is 24.3 Å². The molecule has 21 heavy (non-hydrogen) atoms. The third-order valence-electron chi connectivity index (χ3n) is 4.02. The summed E-state index contributed by atoms with van der Waals surface area (Å²) >= 11 is 5.13. The minimum atomic E-state index is -0.781. The summed E-state index contributed by atoms with van der Waals surface area (Å²) in [4.78, 5) is 24.0. The van der Waals surface area contributed by atoms with Crippen molar-refractivity contribution in [3.05, 3.63) is 29.8 Å². The van der Waals surface area contributed by atoms with Crippen molar-refractivity contribution in [3.63, 3.8) is 0 Å². The molecule has 0 aliphatic heterocycles. The Kier molecular flexibility index (Phi) is 4.57. The van der Waals surface area contributed by atoms with E-state index in [0.29, 0.717) is 24.1 Å². The second kappa shape index (κ2) is 6.22. The number of nitrogens with two attached hydrogens (primary N) is 2. The van der Waals surface area contributed by atoms with Crippen LogP contribution in [-0.2, 0) is 4.79 Å². The summed E-state index contributed by atoms with van der Waals surface area (Å²) in [6.07, 6.45) is 4.31. The highest BCUT2D eigenvalue weighted by molar-refractivity contribution is 7.80. The zero-order valence-corrected chi connectivity index (χ0v) is 12.5. The molecule has 1 fully saturated rings. The van der Waals surface area contributed by atoms with Crippen molar-refractivity contribution in [2.24, 2.45) is 16.9 Å². The Balaban J connectivity index is 2.21. The predicted octanol–water partition coefficient (Wildman–Crippen LogP) is 1.96. The molecule has 2 amide bonds. The van der Waals surface area contributed by atoms with E-state index in [1.165, 1.54) is 0 Å². The Bertz CT molecular complexity index is 580. The van der Waals surface area contributed by atoms with E-state index in [-0.39, 0.29) is 10.9 Å². The number of amides is 2. The molecule has 0 radical (unpaired) electrons. The van der Waals surface area contributed by atoms with Crippen LogP contribution in [-0.4, -0.2) is 16.8 Å². The molecule has 0 unspecified atom stereocenters. The summed E-state index contributed by atoms with van der Waals surface area (Å²) in [6.45, 7) is 0. The van der Waals surface area contributed by atoms with Crippen molar-refractivity contribution in [3.8, 4) is 0 Å². The third-order valence-corrected chi connectivity index (χ3v) is 4.41. The lowest BCUT2D eigenvalue weighted by atomic mass is 9.73. The first-order chi connectivity index (χ1) is 9.95. The lowest BCUT2D eigenvalue weighted by Crippen LogP contribution is -2.47. The Hall–Kier alpha value is -1.95. The van der Waals surface area contributed by atoms with E-state index in [1.807, 2.05) is 0 Å². The molecule has 1 aliphatic carbocycles. The quantitative estimate of drug-likeness (QED) is 0.741. The van der Waals surface area contributed by atoms with E-state index in [0.717, 1.165) is 19.3 Å². The van der Waals surface area contributed by atoms with Gasteiger partial charge >= 0.3 is 0 Å². The summed E-state index contributed by atoms with van der Waals surface area (Å²) < 4.78 is 0. The molecule has 0 saturated heterocycles. The zero-order chi connectivity index (χ0) is 15.5. The van der Waals surface area contributed by atoms with Gasteiger partial charge in [-0.15, -0.1) is 0 Å². The van der Waals surface area contributed by atoms with Crippen LogP contribution in [0.3, 0.4) is 0 Å². The van der Waals surface area contributed by atoms with Crippen LogP contribution in [0.2, 0.25) is 0 Å². The molecule has 0 aromatic heterocycles. The number of primary amides is 1. The molecule has 5 nitrogen and oxygen atoms in total. The van der Waals surface area contributed by atoms with Crippen molar-refractivity contribution >= 4 is 34.7 Å². The summed E-state index contributed by atoms with van der Waals surface area (Å²) in [5, 5.41) is 2.81. The zero-order valence-electron chi connectivity index (χ0n) is 11.7. The average Bonchev–Trinajstić information content (AvgIpc) is 2.48. The fraction of sp³-hybridized carbons (Fsp3) is 0.400. The van der Waals surface area contributed by atoms with Crippen LogP contribution in [0.25, 0.3) is 0 Å². The first-order valence-electron chi connectivity index (χ1n) is 6.97. The van der Waals surface area contributed by atoms with Crippen molar-refractivity contribution in [1.29, 1.82) is 0 Å². The van der Waals surface area contributed by atoms with Gasteiger partial charge in [0.2, 0.25) is 11.8 Å². The highest BCUT2D eigenvalue weighted by Gasteiger charge is 2.42. The highest BCUT2D eigenvalue weighted by atomic mass is 32.1. The Labute approximate surface area is 129 Å². The maximum Gasteiger partial charge on any atom is 0.248 e. The molecule has 0 bridgehead atoms. The number of nitrogens with one attached hydrogen (secondary N) is 1. The van der Waals surface area contributed by atoms with E-state index in [9.17, 15) is 9.59 Å². The van der Waals surface area contributed by atoms with Gasteiger partial charge in [-0.1, -0.05) is 37.5 Å². The van der Waals surface area contributed by atoms with E-state index in [1.54, 1.807) is 24.3 Å². The van der Waals surface area contributed by atoms with E-state index >= 15 is 0 Å². The number of hydrogen-bond donors (Lipinski definition) is 3. The Morgan fingerprint density at radius 2 is 1.81 bits per heavy atom. The SMILES string of the molecule is NC(=O)c1cccc(NC(=O)C2(C(N)=S)CCCCC2)c1. The number of thiocarbonyl (C=S) groups is 1. The molecule has 1 aliphatic rings. The second-order valence-corrected chi connectivity index (χ2v) is 5.85. The van der Waals surface area contributed by atoms with Gasteiger partial charge < -0.3 is 16.8 Å². The van der Waals surface area contributed by atoms with Crippen molar-refractivity contribution < 1.29 is 9.59 Å². The topological polar surface area (TPSA) is 98.2 Å². The molecule has 0 spiro atoms. The van der Waals surface area contributed by atoms with Gasteiger partial charge in [0.1, 0.15) is 0 Å². The number of carbonyl (C=O) groups excluding carboxylic acids is 2. The lowest BCUT2D eigenvalue weighted by Gasteiger charge is -2.34. The largest absolute Gasteiger partial charge is 0.392 e. The van der Waals surface area contributed by atoms with Crippen molar-refractivity contribution in [2.45, 2.75) is 32.1 Å². The number of anilines is 1. The van der Waals surface area contributed by atoms with Gasteiger partial charge in [-0.3, -0.25) is 9.59 Å². The maximum absolute atomic E-state index is 12.6. The van der Waals surface area contributed by atoms with Gasteiger partial charge in [0.25, 0.3) is 0 Å². The molecule has 2 rings (SSSR count). The van der Waals surface area contributed by atoms with Crippen LogP contribution >= 0.6 is 12.2 Å². The van der Waals surface area contributed by atoms with E-state index in [4.69, 9.17) is 23.7 Å². The first-order valence-corrected chi connectivity index (χ1v) is 7.38. The Morgan fingerprint density at radius 1 is 1.14 bits per heavy atom. The van der Waals surface area contributed by atoms with Crippen LogP contribution in [0, 0.1) is 5.41 Å². The van der Waals surface area contributed by atoms with E-state index in [2.05, 4.69) is 5.32 Å². The molecule has 1 aromatic rings. The van der Waals surface area contributed by atoms with Crippen LogP contribution < -0.4 is 16.8 Å². The van der Waals surface area contributed by atoms with Crippen LogP contribution in [0.5, 0.6) is 0 Å². The van der Waals surface area contributed by atoms with Gasteiger partial charge in [0.05, 0.1) is 10.4 Å². The van der Waals surface area contributed by atoms with Crippen molar-refractivity contribution in [1.82, 2.24) is 0 Å². The van der Waals surface area contributed by atoms with Crippen molar-refractivity contribution in [2.75, 3.05) is 5.32 Å². The lowest BCUT2D eigenvalue weighted by molar-refractivity contribution is -0.123. The minimum Gasteiger partial charge on any atom is -0.392 e. The molecule has 6 heteroatoms. The smallest absolute Gasteiger partial charge is 0.248 e. The number of rotatable bonds is 4. The van der Waals surface area contributed by atoms with Gasteiger partial charge in [0, 0.05) is 11.3 Å². The van der Waals surface area contributed by atoms with E-state index < -0.39 is 11.3 Å². The fourth-order valence-electron chi connectivity index (χ4n) is 2.74. The molecule has 0 heterocycles. The fourth-order valence-corrected chi connectivity index (χ4v) is 3.04. The van der Waals surface area contributed by atoms with Gasteiger partial charge in [-0.2, -0.15) is 0 Å². The molecule has 112 valence electrons. The molecule has 5 N–H and O–H groups in total. The molecule has 1 aromatic carbocycles. The number of benzene rings is 1. The second-order valence-electron chi connectivity index (χ2n) is 5.41. The van der Waals surface area contributed by atoms with Gasteiger partial charge in [0.15, 0.2) is 0 Å². The average molecular weight is 305 g/mol. The van der Waals surface area contributed by atoms with Gasteiger partial charge in [-0.25, -0.2) is 0 Å². The third kappa shape index (κ3) is 3.21. The molecular formula is C15H19N3O2S. The monoisotopic (exact) mass is 305 g/mol. The Morgan fingerprint density at radius 3 is 2.38 bits per heavy atom. The molecular weight excluding hydrogens is 286 g/mol. The van der Waals surface area contributed by atoms with Gasteiger partial charge in [-0.05, 0) is 31.0 Å². The van der Waals surface area contributed by atoms with Crippen LogP contribution in [0.1, 0.15) is 42.5 Å². The summed E-state index contributed by atoms with van der Waals surface area (Å²) in [7, 11) is 0. The molecule has 0 atom stereocenters. The minimum absolute atomic E-state index is 0.198. The highest BCUT2D eigenvalue weighted by Crippen LogP contribution is 2.37. The normalized spacial score (nSPS) is 17.0. The number of hydrogen-bond acceptors (Lipinski definition) is 3. The first kappa shape index (κ1) is 15.4. The molecule has 1 saturated carbocycles. The summed E-state index contributed by atoms with van der Waals surface area (Å²) in [6, 6.07) is 6.53. The predicted molar refractivity (Wildman–Crippen MR) is 85.9 cm³/mol. The standard InChI is InChI=1S/C15H19N3O2S/c16-12(19)10-5-4-6-11(9-10)18-14(20)15(13(17)21)7-2-1-3-8-15/h4-6,9H,1-3,7-8H2,(H2,16,19)(H2,17,21)(H,18,20). The van der Waals surface area contributed by atoms with Crippen LogP contribution in [0.4, 0.5) is 5.69 Å². The number of carbonyl (C=O) groups is 2. The summed E-state index contributed by atoms with van der Waals surface area (Å²) in [5.41, 5.74) is 11.2. The summed E-state index contributed by atoms with van der Waals surface area (Å²) in [5.74, 6) is -0.732. The maximum atomic E-state index is 12.6.